The molecule has 2 heterocycles. The third-order valence-corrected chi connectivity index (χ3v) is 6.03. The zero-order valence-electron chi connectivity index (χ0n) is 17.7. The van der Waals surface area contributed by atoms with Gasteiger partial charge in [0.05, 0.1) is 18.6 Å². The summed E-state index contributed by atoms with van der Waals surface area (Å²) in [6.07, 6.45) is 3.91. The molecule has 0 bridgehead atoms. The van der Waals surface area contributed by atoms with Crippen molar-refractivity contribution >= 4 is 17.7 Å². The standard InChI is InChI=1S/C23H28N4O2S/c1-16(2)13-26(19-9-10-19)21(28)15-30-23-25-24-22(18-7-4-6-17(3)12-18)27(23)14-20-8-5-11-29-20/h4-8,11-12,16,19H,9-10,13-15H2,1-3H3. The Morgan fingerprint density at radius 1 is 1.27 bits per heavy atom. The topological polar surface area (TPSA) is 64.2 Å². The van der Waals surface area contributed by atoms with Crippen molar-refractivity contribution in [2.75, 3.05) is 12.3 Å². The fraction of sp³-hybridized carbons (Fsp3) is 0.435. The predicted molar refractivity (Wildman–Crippen MR) is 118 cm³/mol. The number of furan rings is 1. The van der Waals surface area contributed by atoms with Crippen LogP contribution in [0.25, 0.3) is 11.4 Å². The highest BCUT2D eigenvalue weighted by molar-refractivity contribution is 7.99. The molecular formula is C23H28N4O2S. The van der Waals surface area contributed by atoms with Gasteiger partial charge < -0.3 is 9.32 Å². The molecule has 30 heavy (non-hydrogen) atoms. The molecule has 1 aliphatic rings. The highest BCUT2D eigenvalue weighted by Crippen LogP contribution is 2.30. The van der Waals surface area contributed by atoms with Crippen LogP contribution in [0.4, 0.5) is 0 Å². The van der Waals surface area contributed by atoms with Gasteiger partial charge in [0, 0.05) is 18.2 Å². The number of benzene rings is 1. The van der Waals surface area contributed by atoms with E-state index in [1.54, 1.807) is 6.26 Å². The summed E-state index contributed by atoms with van der Waals surface area (Å²) in [5.41, 5.74) is 2.17. The SMILES string of the molecule is Cc1cccc(-c2nnc(SCC(=O)N(CC(C)C)C3CC3)n2Cc2ccco2)c1. The van der Waals surface area contributed by atoms with Crippen molar-refractivity contribution < 1.29 is 9.21 Å². The maximum absolute atomic E-state index is 12.9. The van der Waals surface area contributed by atoms with E-state index in [4.69, 9.17) is 4.42 Å². The molecule has 1 aromatic carbocycles. The van der Waals surface area contributed by atoms with Gasteiger partial charge in [-0.05, 0) is 43.9 Å². The number of carbonyl (C=O) groups excluding carboxylic acids is 1. The van der Waals surface area contributed by atoms with Crippen molar-refractivity contribution in [1.82, 2.24) is 19.7 Å². The van der Waals surface area contributed by atoms with Gasteiger partial charge in [0.2, 0.25) is 5.91 Å². The van der Waals surface area contributed by atoms with E-state index in [0.29, 0.717) is 24.3 Å². The van der Waals surface area contributed by atoms with Gasteiger partial charge in [-0.25, -0.2) is 0 Å². The van der Waals surface area contributed by atoms with Crippen LogP contribution in [0.3, 0.4) is 0 Å². The van der Waals surface area contributed by atoms with Gasteiger partial charge >= 0.3 is 0 Å². The number of carbonyl (C=O) groups is 1. The van der Waals surface area contributed by atoms with Crippen LogP contribution in [-0.4, -0.2) is 43.9 Å². The average Bonchev–Trinajstić information content (AvgIpc) is 3.28. The summed E-state index contributed by atoms with van der Waals surface area (Å²) in [5, 5.41) is 9.60. The molecule has 0 spiro atoms. The van der Waals surface area contributed by atoms with E-state index in [9.17, 15) is 4.79 Å². The van der Waals surface area contributed by atoms with Crippen LogP contribution in [0.5, 0.6) is 0 Å². The van der Waals surface area contributed by atoms with Gasteiger partial charge in [-0.1, -0.05) is 49.4 Å². The van der Waals surface area contributed by atoms with E-state index in [2.05, 4.69) is 43.1 Å². The highest BCUT2D eigenvalue weighted by atomic mass is 32.2. The lowest BCUT2D eigenvalue weighted by atomic mass is 10.1. The maximum Gasteiger partial charge on any atom is 0.233 e. The Kier molecular flexibility index (Phi) is 6.27. The molecular weight excluding hydrogens is 396 g/mol. The third kappa shape index (κ3) is 4.95. The first-order valence-electron chi connectivity index (χ1n) is 10.5. The van der Waals surface area contributed by atoms with Gasteiger partial charge in [-0.3, -0.25) is 9.36 Å². The third-order valence-electron chi connectivity index (χ3n) is 5.08. The molecule has 0 unspecified atom stereocenters. The number of amides is 1. The molecule has 0 aliphatic heterocycles. The van der Waals surface area contributed by atoms with Crippen LogP contribution in [0.15, 0.2) is 52.2 Å². The summed E-state index contributed by atoms with van der Waals surface area (Å²) < 4.78 is 7.60. The Bertz CT molecular complexity index is 993. The first-order valence-corrected chi connectivity index (χ1v) is 11.4. The normalized spacial score (nSPS) is 13.7. The van der Waals surface area contributed by atoms with Crippen molar-refractivity contribution in [3.8, 4) is 11.4 Å². The smallest absolute Gasteiger partial charge is 0.233 e. The van der Waals surface area contributed by atoms with Crippen LogP contribution in [0.2, 0.25) is 0 Å². The van der Waals surface area contributed by atoms with E-state index in [-0.39, 0.29) is 5.91 Å². The van der Waals surface area contributed by atoms with Crippen molar-refractivity contribution in [2.45, 2.75) is 51.4 Å². The van der Waals surface area contributed by atoms with Crippen LogP contribution in [0.1, 0.15) is 38.0 Å². The number of hydrogen-bond donors (Lipinski definition) is 0. The molecule has 1 aliphatic carbocycles. The van der Waals surface area contributed by atoms with Crippen molar-refractivity contribution in [3.05, 3.63) is 54.0 Å². The molecule has 158 valence electrons. The van der Waals surface area contributed by atoms with Crippen molar-refractivity contribution in [1.29, 1.82) is 0 Å². The number of hydrogen-bond acceptors (Lipinski definition) is 5. The van der Waals surface area contributed by atoms with Gasteiger partial charge in [0.25, 0.3) is 0 Å². The Hall–Kier alpha value is -2.54. The first-order chi connectivity index (χ1) is 14.5. The minimum absolute atomic E-state index is 0.181. The van der Waals surface area contributed by atoms with E-state index >= 15 is 0 Å². The highest BCUT2D eigenvalue weighted by Gasteiger charge is 2.32. The number of thioether (sulfide) groups is 1. The van der Waals surface area contributed by atoms with Crippen LogP contribution in [-0.2, 0) is 11.3 Å². The quantitative estimate of drug-likeness (QED) is 0.469. The summed E-state index contributed by atoms with van der Waals surface area (Å²) in [6.45, 7) is 7.72. The zero-order valence-corrected chi connectivity index (χ0v) is 18.6. The number of nitrogens with zero attached hydrogens (tertiary/aromatic N) is 4. The van der Waals surface area contributed by atoms with Crippen LogP contribution in [0, 0.1) is 12.8 Å². The largest absolute Gasteiger partial charge is 0.467 e. The Morgan fingerprint density at radius 2 is 2.10 bits per heavy atom. The lowest BCUT2D eigenvalue weighted by Gasteiger charge is -2.24. The molecule has 2 aromatic heterocycles. The number of aromatic nitrogens is 3. The van der Waals surface area contributed by atoms with E-state index in [0.717, 1.165) is 47.3 Å². The summed E-state index contributed by atoms with van der Waals surface area (Å²) in [6, 6.07) is 12.5. The lowest BCUT2D eigenvalue weighted by Crippen LogP contribution is -2.37. The van der Waals surface area contributed by atoms with Gasteiger partial charge in [-0.15, -0.1) is 10.2 Å². The minimum Gasteiger partial charge on any atom is -0.467 e. The summed E-state index contributed by atoms with van der Waals surface area (Å²) in [4.78, 5) is 15.0. The van der Waals surface area contributed by atoms with E-state index < -0.39 is 0 Å². The fourth-order valence-corrected chi connectivity index (χ4v) is 4.36. The molecule has 0 saturated heterocycles. The molecule has 0 radical (unpaired) electrons. The summed E-state index contributed by atoms with van der Waals surface area (Å²) >= 11 is 1.45. The maximum atomic E-state index is 12.9. The Balaban J connectivity index is 1.55. The van der Waals surface area contributed by atoms with Crippen LogP contribution < -0.4 is 0 Å². The second-order valence-corrected chi connectivity index (χ2v) is 9.24. The second-order valence-electron chi connectivity index (χ2n) is 8.30. The van der Waals surface area contributed by atoms with Crippen molar-refractivity contribution in [3.63, 3.8) is 0 Å². The average molecular weight is 425 g/mol. The zero-order chi connectivity index (χ0) is 21.1. The first kappa shape index (κ1) is 20.7. The fourth-order valence-electron chi connectivity index (χ4n) is 3.54. The number of rotatable bonds is 9. The van der Waals surface area contributed by atoms with Crippen molar-refractivity contribution in [2.24, 2.45) is 5.92 Å². The molecule has 1 amide bonds. The van der Waals surface area contributed by atoms with E-state index in [1.807, 2.05) is 33.7 Å². The Labute approximate surface area is 181 Å². The molecule has 4 rings (SSSR count). The molecule has 1 fully saturated rings. The minimum atomic E-state index is 0.181. The second kappa shape index (κ2) is 9.08. The Morgan fingerprint density at radius 3 is 2.77 bits per heavy atom. The monoisotopic (exact) mass is 424 g/mol. The molecule has 6 nitrogen and oxygen atoms in total. The molecule has 3 aromatic rings. The molecule has 0 N–H and O–H groups in total. The van der Waals surface area contributed by atoms with E-state index in [1.165, 1.54) is 11.8 Å². The molecule has 1 saturated carbocycles. The van der Waals surface area contributed by atoms with Gasteiger partial charge in [0.15, 0.2) is 11.0 Å². The summed E-state index contributed by atoms with van der Waals surface area (Å²) in [7, 11) is 0. The molecule has 7 heteroatoms. The lowest BCUT2D eigenvalue weighted by molar-refractivity contribution is -0.129. The molecule has 0 atom stereocenters. The van der Waals surface area contributed by atoms with Crippen LogP contribution >= 0.6 is 11.8 Å². The predicted octanol–water partition coefficient (Wildman–Crippen LogP) is 4.63. The van der Waals surface area contributed by atoms with Gasteiger partial charge in [0.1, 0.15) is 5.76 Å². The number of aryl methyl sites for hydroxylation is 1. The summed E-state index contributed by atoms with van der Waals surface area (Å²) in [5.74, 6) is 2.63. The van der Waals surface area contributed by atoms with Gasteiger partial charge in [-0.2, -0.15) is 0 Å².